The molecular formula is C9H22O2. The van der Waals surface area contributed by atoms with E-state index >= 15 is 0 Å². The Kier molecular flexibility index (Phi) is 9.85. The maximum atomic E-state index is 5.35. The summed E-state index contributed by atoms with van der Waals surface area (Å²) in [6.45, 7) is 9.41. The third-order valence-electron chi connectivity index (χ3n) is 1.75. The van der Waals surface area contributed by atoms with Crippen LogP contribution in [0.15, 0.2) is 0 Å². The average molecular weight is 162 g/mol. The second kappa shape index (κ2) is 8.02. The molecule has 70 valence electrons. The molecule has 0 saturated carbocycles. The normalized spacial score (nSPS) is 29.5. The van der Waals surface area contributed by atoms with Crippen molar-refractivity contribution in [2.75, 3.05) is 6.61 Å². The number of hydrogen-bond acceptors (Lipinski definition) is 1. The van der Waals surface area contributed by atoms with E-state index in [0.717, 1.165) is 12.5 Å². The topological polar surface area (TPSA) is 40.7 Å². The van der Waals surface area contributed by atoms with E-state index in [1.165, 1.54) is 12.8 Å². The van der Waals surface area contributed by atoms with Gasteiger partial charge in [-0.15, -0.1) is 0 Å². The van der Waals surface area contributed by atoms with E-state index in [4.69, 9.17) is 4.74 Å². The molecule has 0 aromatic carbocycles. The molecular weight excluding hydrogens is 140 g/mol. The fraction of sp³-hybridized carbons (Fsp3) is 1.00. The van der Waals surface area contributed by atoms with E-state index in [0.29, 0.717) is 6.10 Å². The van der Waals surface area contributed by atoms with E-state index in [1.807, 2.05) is 13.8 Å². The molecule has 2 nitrogen and oxygen atoms in total. The Bertz CT molecular complexity index is 66.0. The van der Waals surface area contributed by atoms with Gasteiger partial charge in [0.05, 0.1) is 6.10 Å². The molecule has 0 unspecified atom stereocenters. The van der Waals surface area contributed by atoms with Crippen molar-refractivity contribution in [2.45, 2.75) is 46.6 Å². The molecule has 2 heteroatoms. The maximum Gasteiger partial charge on any atom is 0.0549 e. The van der Waals surface area contributed by atoms with Gasteiger partial charge in [0.1, 0.15) is 0 Å². The first-order chi connectivity index (χ1) is 4.79. The van der Waals surface area contributed by atoms with Gasteiger partial charge in [-0.2, -0.15) is 0 Å². The van der Waals surface area contributed by atoms with E-state index < -0.39 is 0 Å². The standard InChI is InChI=1S/C7H14O.C2H6.H2O/c1-6-3-4-8-7(2)5-6;1-2;/h6-7H,3-5H2,1-2H3;1-2H3;1H2/t6-,7-;;/m0../s1. The predicted molar refractivity (Wildman–Crippen MR) is 48.8 cm³/mol. The summed E-state index contributed by atoms with van der Waals surface area (Å²) in [6, 6.07) is 0. The van der Waals surface area contributed by atoms with Gasteiger partial charge in [0.2, 0.25) is 0 Å². The molecule has 0 aliphatic carbocycles. The van der Waals surface area contributed by atoms with Crippen molar-refractivity contribution < 1.29 is 10.2 Å². The van der Waals surface area contributed by atoms with Crippen LogP contribution in [0.3, 0.4) is 0 Å². The Morgan fingerprint density at radius 3 is 2.00 bits per heavy atom. The lowest BCUT2D eigenvalue weighted by Gasteiger charge is -2.23. The van der Waals surface area contributed by atoms with E-state index in [9.17, 15) is 0 Å². The van der Waals surface area contributed by atoms with Gasteiger partial charge in [-0.05, 0) is 25.7 Å². The van der Waals surface area contributed by atoms with Gasteiger partial charge in [0.15, 0.2) is 0 Å². The molecule has 0 aromatic rings. The molecule has 0 radical (unpaired) electrons. The highest BCUT2D eigenvalue weighted by molar-refractivity contribution is 4.63. The Morgan fingerprint density at radius 1 is 1.18 bits per heavy atom. The second-order valence-corrected chi connectivity index (χ2v) is 2.81. The van der Waals surface area contributed by atoms with E-state index in [1.54, 1.807) is 0 Å². The zero-order valence-electron chi connectivity index (χ0n) is 8.18. The summed E-state index contributed by atoms with van der Waals surface area (Å²) < 4.78 is 5.35. The van der Waals surface area contributed by atoms with Crippen molar-refractivity contribution in [1.82, 2.24) is 0 Å². The van der Waals surface area contributed by atoms with Crippen molar-refractivity contribution in [3.63, 3.8) is 0 Å². The van der Waals surface area contributed by atoms with Crippen molar-refractivity contribution in [3.05, 3.63) is 0 Å². The summed E-state index contributed by atoms with van der Waals surface area (Å²) in [4.78, 5) is 0. The molecule has 0 amide bonds. The van der Waals surface area contributed by atoms with Crippen LogP contribution in [0.25, 0.3) is 0 Å². The summed E-state index contributed by atoms with van der Waals surface area (Å²) in [5.41, 5.74) is 0. The van der Waals surface area contributed by atoms with Gasteiger partial charge < -0.3 is 10.2 Å². The predicted octanol–water partition coefficient (Wildman–Crippen LogP) is 2.02. The van der Waals surface area contributed by atoms with Crippen molar-refractivity contribution in [2.24, 2.45) is 5.92 Å². The lowest BCUT2D eigenvalue weighted by atomic mass is 9.99. The van der Waals surface area contributed by atoms with Crippen molar-refractivity contribution in [3.8, 4) is 0 Å². The van der Waals surface area contributed by atoms with Gasteiger partial charge in [0, 0.05) is 6.61 Å². The molecule has 1 rings (SSSR count). The Hall–Kier alpha value is -0.0800. The number of ether oxygens (including phenoxy) is 1. The van der Waals surface area contributed by atoms with Crippen LogP contribution in [0.2, 0.25) is 0 Å². The van der Waals surface area contributed by atoms with Gasteiger partial charge in [-0.3, -0.25) is 0 Å². The average Bonchev–Trinajstić information content (AvgIpc) is 1.91. The van der Waals surface area contributed by atoms with Crippen LogP contribution in [0.4, 0.5) is 0 Å². The molecule has 2 N–H and O–H groups in total. The maximum absolute atomic E-state index is 5.35. The fourth-order valence-corrected chi connectivity index (χ4v) is 1.22. The molecule has 1 aliphatic rings. The highest BCUT2D eigenvalue weighted by Gasteiger charge is 2.13. The van der Waals surface area contributed by atoms with Crippen LogP contribution in [0, 0.1) is 5.92 Å². The molecule has 0 spiro atoms. The summed E-state index contributed by atoms with van der Waals surface area (Å²) >= 11 is 0. The van der Waals surface area contributed by atoms with Gasteiger partial charge in [-0.25, -0.2) is 0 Å². The molecule has 1 fully saturated rings. The molecule has 11 heavy (non-hydrogen) atoms. The Morgan fingerprint density at radius 2 is 1.73 bits per heavy atom. The molecule has 0 bridgehead atoms. The van der Waals surface area contributed by atoms with Crippen LogP contribution in [0.5, 0.6) is 0 Å². The summed E-state index contributed by atoms with van der Waals surface area (Å²) in [5.74, 6) is 0.888. The molecule has 0 aromatic heterocycles. The van der Waals surface area contributed by atoms with Crippen LogP contribution < -0.4 is 0 Å². The Balaban J connectivity index is 0. The largest absolute Gasteiger partial charge is 0.412 e. The number of hydrogen-bond donors (Lipinski definition) is 0. The summed E-state index contributed by atoms with van der Waals surface area (Å²) in [7, 11) is 0. The first-order valence-corrected chi connectivity index (χ1v) is 4.40. The minimum absolute atomic E-state index is 0. The lowest BCUT2D eigenvalue weighted by Crippen LogP contribution is -2.20. The minimum atomic E-state index is 0. The van der Waals surface area contributed by atoms with Gasteiger partial charge in [-0.1, -0.05) is 20.8 Å². The summed E-state index contributed by atoms with van der Waals surface area (Å²) in [5, 5.41) is 0. The molecule has 1 heterocycles. The molecule has 1 saturated heterocycles. The third kappa shape index (κ3) is 6.32. The van der Waals surface area contributed by atoms with E-state index in [2.05, 4.69) is 13.8 Å². The van der Waals surface area contributed by atoms with Crippen LogP contribution >= 0.6 is 0 Å². The first-order valence-electron chi connectivity index (χ1n) is 4.40. The molecule has 2 atom stereocenters. The zero-order chi connectivity index (χ0) is 7.98. The SMILES string of the molecule is CC.C[C@H]1CCO[C@@H](C)C1.O. The highest BCUT2D eigenvalue weighted by atomic mass is 16.5. The fourth-order valence-electron chi connectivity index (χ4n) is 1.22. The van der Waals surface area contributed by atoms with Gasteiger partial charge in [0.25, 0.3) is 0 Å². The monoisotopic (exact) mass is 162 g/mol. The van der Waals surface area contributed by atoms with Crippen molar-refractivity contribution >= 4 is 0 Å². The highest BCUT2D eigenvalue weighted by Crippen LogP contribution is 2.18. The van der Waals surface area contributed by atoms with Crippen molar-refractivity contribution in [1.29, 1.82) is 0 Å². The third-order valence-corrected chi connectivity index (χ3v) is 1.75. The quantitative estimate of drug-likeness (QED) is 0.537. The number of rotatable bonds is 0. The van der Waals surface area contributed by atoms with Crippen LogP contribution in [0.1, 0.15) is 40.5 Å². The molecule has 1 aliphatic heterocycles. The van der Waals surface area contributed by atoms with Crippen LogP contribution in [-0.2, 0) is 4.74 Å². The minimum Gasteiger partial charge on any atom is -0.412 e. The second-order valence-electron chi connectivity index (χ2n) is 2.81. The smallest absolute Gasteiger partial charge is 0.0549 e. The van der Waals surface area contributed by atoms with E-state index in [-0.39, 0.29) is 5.48 Å². The zero-order valence-corrected chi connectivity index (χ0v) is 8.18. The van der Waals surface area contributed by atoms with Gasteiger partial charge >= 0.3 is 0 Å². The van der Waals surface area contributed by atoms with Crippen LogP contribution in [-0.4, -0.2) is 18.2 Å². The first kappa shape index (κ1) is 13.5. The Labute approximate surface area is 70.3 Å². The summed E-state index contributed by atoms with van der Waals surface area (Å²) in [6.07, 6.45) is 3.02. The lowest BCUT2D eigenvalue weighted by molar-refractivity contribution is 0.00682.